The highest BCUT2D eigenvalue weighted by Crippen LogP contribution is 2.34. The Hall–Kier alpha value is -3.56. The fraction of sp³-hybridized carbons (Fsp3) is 0.250. The van der Waals surface area contributed by atoms with E-state index in [9.17, 15) is 10.1 Å². The molecule has 0 bridgehead atoms. The van der Waals surface area contributed by atoms with E-state index in [1.165, 1.54) is 0 Å². The molecule has 154 valence electrons. The Morgan fingerprint density at radius 2 is 1.83 bits per heavy atom. The molecule has 0 aliphatic rings. The number of ether oxygens (including phenoxy) is 3. The highest BCUT2D eigenvalue weighted by atomic mass is 16.5. The van der Waals surface area contributed by atoms with Crippen LogP contribution in [-0.2, 0) is 11.3 Å². The zero-order valence-electron chi connectivity index (χ0n) is 17.1. The van der Waals surface area contributed by atoms with Gasteiger partial charge in [-0.1, -0.05) is 30.3 Å². The molecule has 3 rings (SSSR count). The first-order valence-electron chi connectivity index (χ1n) is 9.69. The SMILES string of the molecule is COc1ccc(-c2cc(C)[nH]c(=O)c2C#N)c(OCCCOCc2ccccc2)c1. The van der Waals surface area contributed by atoms with Crippen molar-refractivity contribution in [1.82, 2.24) is 4.98 Å². The zero-order chi connectivity index (χ0) is 21.3. The lowest BCUT2D eigenvalue weighted by Crippen LogP contribution is -2.13. The number of aromatic amines is 1. The lowest BCUT2D eigenvalue weighted by molar-refractivity contribution is 0.107. The molecule has 6 heteroatoms. The van der Waals surface area contributed by atoms with Crippen LogP contribution in [0.4, 0.5) is 0 Å². The molecule has 2 aromatic carbocycles. The Morgan fingerprint density at radius 1 is 1.03 bits per heavy atom. The van der Waals surface area contributed by atoms with E-state index in [0.29, 0.717) is 54.6 Å². The van der Waals surface area contributed by atoms with Gasteiger partial charge in [0.15, 0.2) is 0 Å². The summed E-state index contributed by atoms with van der Waals surface area (Å²) < 4.78 is 17.0. The van der Waals surface area contributed by atoms with Gasteiger partial charge in [-0.05, 0) is 30.7 Å². The number of rotatable bonds is 9. The summed E-state index contributed by atoms with van der Waals surface area (Å²) in [5.41, 5.74) is 2.65. The number of aryl methyl sites for hydroxylation is 1. The van der Waals surface area contributed by atoms with Crippen LogP contribution in [0.3, 0.4) is 0 Å². The van der Waals surface area contributed by atoms with Crippen LogP contribution in [0.15, 0.2) is 59.4 Å². The van der Waals surface area contributed by atoms with Crippen LogP contribution >= 0.6 is 0 Å². The van der Waals surface area contributed by atoms with E-state index in [1.807, 2.05) is 36.4 Å². The molecular weight excluding hydrogens is 380 g/mol. The normalized spacial score (nSPS) is 10.4. The first kappa shape index (κ1) is 21.2. The van der Waals surface area contributed by atoms with Gasteiger partial charge in [-0.15, -0.1) is 0 Å². The average Bonchev–Trinajstić information content (AvgIpc) is 2.76. The third-order valence-electron chi connectivity index (χ3n) is 4.56. The number of methoxy groups -OCH3 is 1. The smallest absolute Gasteiger partial charge is 0.266 e. The van der Waals surface area contributed by atoms with Crippen LogP contribution in [0.25, 0.3) is 11.1 Å². The lowest BCUT2D eigenvalue weighted by atomic mass is 10.00. The second kappa shape index (κ2) is 10.3. The minimum Gasteiger partial charge on any atom is -0.497 e. The molecule has 0 fully saturated rings. The van der Waals surface area contributed by atoms with Crippen LogP contribution < -0.4 is 15.0 Å². The number of benzene rings is 2. The van der Waals surface area contributed by atoms with Crippen molar-refractivity contribution in [1.29, 1.82) is 5.26 Å². The molecule has 1 aromatic heterocycles. The Balaban J connectivity index is 1.70. The van der Waals surface area contributed by atoms with Gasteiger partial charge in [-0.25, -0.2) is 0 Å². The summed E-state index contributed by atoms with van der Waals surface area (Å²) >= 11 is 0. The molecule has 0 aliphatic heterocycles. The molecule has 1 N–H and O–H groups in total. The van der Waals surface area contributed by atoms with Crippen molar-refractivity contribution in [3.63, 3.8) is 0 Å². The van der Waals surface area contributed by atoms with Gasteiger partial charge < -0.3 is 19.2 Å². The topological polar surface area (TPSA) is 84.3 Å². The molecule has 0 aliphatic carbocycles. The predicted octanol–water partition coefficient (Wildman–Crippen LogP) is 4.22. The third kappa shape index (κ3) is 5.28. The number of hydrogen-bond donors (Lipinski definition) is 1. The molecule has 0 atom stereocenters. The van der Waals surface area contributed by atoms with Gasteiger partial charge in [0, 0.05) is 29.3 Å². The molecule has 30 heavy (non-hydrogen) atoms. The van der Waals surface area contributed by atoms with Gasteiger partial charge in [-0.2, -0.15) is 5.26 Å². The molecule has 0 amide bonds. The summed E-state index contributed by atoms with van der Waals surface area (Å²) in [5, 5.41) is 9.46. The van der Waals surface area contributed by atoms with E-state index in [0.717, 1.165) is 5.56 Å². The van der Waals surface area contributed by atoms with Crippen molar-refractivity contribution in [2.45, 2.75) is 20.0 Å². The number of aromatic nitrogens is 1. The maximum atomic E-state index is 12.2. The summed E-state index contributed by atoms with van der Waals surface area (Å²) in [6.45, 7) is 3.32. The Kier molecular flexibility index (Phi) is 7.25. The Bertz CT molecular complexity index is 1080. The monoisotopic (exact) mass is 404 g/mol. The summed E-state index contributed by atoms with van der Waals surface area (Å²) in [4.78, 5) is 14.9. The first-order chi connectivity index (χ1) is 14.6. The highest BCUT2D eigenvalue weighted by Gasteiger charge is 2.15. The number of hydrogen-bond acceptors (Lipinski definition) is 5. The van der Waals surface area contributed by atoms with E-state index in [-0.39, 0.29) is 5.56 Å². The number of nitriles is 1. The van der Waals surface area contributed by atoms with Crippen molar-refractivity contribution < 1.29 is 14.2 Å². The molecule has 0 radical (unpaired) electrons. The van der Waals surface area contributed by atoms with Crippen molar-refractivity contribution >= 4 is 0 Å². The van der Waals surface area contributed by atoms with E-state index in [2.05, 4.69) is 4.98 Å². The van der Waals surface area contributed by atoms with Crippen molar-refractivity contribution in [2.24, 2.45) is 0 Å². The van der Waals surface area contributed by atoms with Gasteiger partial charge in [0.05, 0.1) is 26.9 Å². The summed E-state index contributed by atoms with van der Waals surface area (Å²) in [5.74, 6) is 1.19. The molecular formula is C24H24N2O4. The van der Waals surface area contributed by atoms with Crippen LogP contribution in [0.1, 0.15) is 23.2 Å². The molecule has 0 saturated carbocycles. The summed E-state index contributed by atoms with van der Waals surface area (Å²) in [6, 6.07) is 19.1. The Morgan fingerprint density at radius 3 is 2.57 bits per heavy atom. The fourth-order valence-corrected chi connectivity index (χ4v) is 3.09. The third-order valence-corrected chi connectivity index (χ3v) is 4.56. The number of nitrogens with one attached hydrogen (secondary N) is 1. The number of nitrogens with zero attached hydrogens (tertiary/aromatic N) is 1. The summed E-state index contributed by atoms with van der Waals surface area (Å²) in [7, 11) is 1.58. The first-order valence-corrected chi connectivity index (χ1v) is 9.69. The van der Waals surface area contributed by atoms with Crippen molar-refractivity contribution in [3.05, 3.63) is 81.8 Å². The zero-order valence-corrected chi connectivity index (χ0v) is 17.1. The van der Waals surface area contributed by atoms with Gasteiger partial charge in [0.25, 0.3) is 5.56 Å². The van der Waals surface area contributed by atoms with Crippen LogP contribution in [-0.4, -0.2) is 25.3 Å². The van der Waals surface area contributed by atoms with E-state index >= 15 is 0 Å². The molecule has 0 spiro atoms. The van der Waals surface area contributed by atoms with Crippen LogP contribution in [0.2, 0.25) is 0 Å². The minimum atomic E-state index is -0.413. The molecule has 0 saturated heterocycles. The molecule has 0 unspecified atom stereocenters. The highest BCUT2D eigenvalue weighted by molar-refractivity contribution is 5.76. The van der Waals surface area contributed by atoms with E-state index < -0.39 is 5.56 Å². The minimum absolute atomic E-state index is 0.0572. The van der Waals surface area contributed by atoms with Crippen molar-refractivity contribution in [2.75, 3.05) is 20.3 Å². The van der Waals surface area contributed by atoms with E-state index in [1.54, 1.807) is 38.3 Å². The average molecular weight is 404 g/mol. The van der Waals surface area contributed by atoms with Crippen molar-refractivity contribution in [3.8, 4) is 28.7 Å². The standard InChI is InChI=1S/C24H24N2O4/c1-17-13-21(22(15-25)24(27)26-17)20-10-9-19(28-2)14-23(20)30-12-6-11-29-16-18-7-4-3-5-8-18/h3-5,7-10,13-14H,6,11-12,16H2,1-2H3,(H,26,27). The molecule has 1 heterocycles. The van der Waals surface area contributed by atoms with Crippen LogP contribution in [0.5, 0.6) is 11.5 Å². The van der Waals surface area contributed by atoms with E-state index in [4.69, 9.17) is 14.2 Å². The molecule has 6 nitrogen and oxygen atoms in total. The van der Waals surface area contributed by atoms with Gasteiger partial charge in [-0.3, -0.25) is 4.79 Å². The maximum Gasteiger partial charge on any atom is 0.266 e. The second-order valence-electron chi connectivity index (χ2n) is 6.78. The predicted molar refractivity (Wildman–Crippen MR) is 115 cm³/mol. The fourth-order valence-electron chi connectivity index (χ4n) is 3.09. The number of H-pyrrole nitrogens is 1. The van der Waals surface area contributed by atoms with Gasteiger partial charge in [0.2, 0.25) is 0 Å². The maximum absolute atomic E-state index is 12.2. The largest absolute Gasteiger partial charge is 0.497 e. The van der Waals surface area contributed by atoms with Crippen LogP contribution in [0, 0.1) is 18.3 Å². The lowest BCUT2D eigenvalue weighted by Gasteiger charge is -2.14. The van der Waals surface area contributed by atoms with Gasteiger partial charge >= 0.3 is 0 Å². The second-order valence-corrected chi connectivity index (χ2v) is 6.78. The quantitative estimate of drug-likeness (QED) is 0.540. The Labute approximate surface area is 175 Å². The number of pyridine rings is 1. The van der Waals surface area contributed by atoms with Gasteiger partial charge in [0.1, 0.15) is 23.1 Å². The molecule has 3 aromatic rings. The summed E-state index contributed by atoms with van der Waals surface area (Å²) in [6.07, 6.45) is 0.697.